The number of halogens is 5. The molecule has 66 heavy (non-hydrogen) atoms. The Labute approximate surface area is 392 Å². The number of alkyl halides is 5. The minimum Gasteiger partial charge on any atom is -0.463 e. The molecule has 0 amide bonds. The van der Waals surface area contributed by atoms with Crippen molar-refractivity contribution in [3.63, 3.8) is 0 Å². The van der Waals surface area contributed by atoms with Gasteiger partial charge in [-0.25, -0.2) is 22.0 Å². The zero-order chi connectivity index (χ0) is 49.7. The van der Waals surface area contributed by atoms with Crippen molar-refractivity contribution in [2.75, 3.05) is 147 Å². The van der Waals surface area contributed by atoms with Crippen molar-refractivity contribution in [1.29, 1.82) is 0 Å². The molecule has 6 heterocycles. The van der Waals surface area contributed by atoms with Crippen molar-refractivity contribution < 1.29 is 64.8 Å². The molecule has 0 saturated carbocycles. The summed E-state index contributed by atoms with van der Waals surface area (Å²) in [7, 11) is 11.6. The highest BCUT2D eigenvalue weighted by molar-refractivity contribution is 5.78. The quantitative estimate of drug-likeness (QED) is 0.216. The molecule has 0 radical (unpaired) electrons. The summed E-state index contributed by atoms with van der Waals surface area (Å²) < 4.78 is 88.0. The Morgan fingerprint density at radius 1 is 0.545 bits per heavy atom. The van der Waals surface area contributed by atoms with Gasteiger partial charge in [-0.05, 0) is 113 Å². The lowest BCUT2D eigenvalue weighted by Gasteiger charge is -2.25. The van der Waals surface area contributed by atoms with Crippen LogP contribution in [0.1, 0.15) is 91.4 Å². The second-order valence-corrected chi connectivity index (χ2v) is 18.5. The van der Waals surface area contributed by atoms with E-state index in [1.807, 2.05) is 30.9 Å². The van der Waals surface area contributed by atoms with Gasteiger partial charge in [-0.3, -0.25) is 24.1 Å². The molecule has 0 aromatic rings. The number of ether oxygens (including phenoxy) is 5. The minimum atomic E-state index is -2.66. The number of likely N-dealkylation sites (tertiary alicyclic amines) is 4. The number of nitrogens with zero attached hydrogens (tertiary/aromatic N) is 6. The summed E-state index contributed by atoms with van der Waals surface area (Å²) in [6, 6.07) is 0. The number of hydrogen-bond acceptors (Lipinski definition) is 15. The number of ketones is 1. The number of esters is 3. The van der Waals surface area contributed by atoms with E-state index in [2.05, 4.69) is 33.5 Å². The molecule has 0 bridgehead atoms. The molecular formula is C46H85F5N6O9. The molecule has 0 spiro atoms. The van der Waals surface area contributed by atoms with Crippen LogP contribution in [-0.4, -0.2) is 237 Å². The van der Waals surface area contributed by atoms with Gasteiger partial charge < -0.3 is 48.2 Å². The average Bonchev–Trinajstić information content (AvgIpc) is 3.79. The average molecular weight is 961 g/mol. The van der Waals surface area contributed by atoms with Gasteiger partial charge in [0.05, 0.1) is 26.4 Å². The molecule has 6 rings (SSSR count). The summed E-state index contributed by atoms with van der Waals surface area (Å²) in [5, 5.41) is 0. The lowest BCUT2D eigenvalue weighted by atomic mass is 10.1. The predicted molar refractivity (Wildman–Crippen MR) is 244 cm³/mol. The predicted octanol–water partition coefficient (Wildman–Crippen LogP) is 4.89. The number of carbonyl (C=O) groups excluding carboxylic acids is 4. The van der Waals surface area contributed by atoms with Crippen LogP contribution in [0.5, 0.6) is 0 Å². The maximum atomic E-state index is 12.6. The van der Waals surface area contributed by atoms with E-state index in [9.17, 15) is 41.1 Å². The SMILES string of the molecule is CC(=O)OC1CCCN(C)CC1.CC(=O)OC1CCCN(C)CC1OC(C)=O.CN1CCCC(=O)CC1.CN1CCCC(F)(F)CC1.CN1CCOCC(F)(F)C1.CN1CCOCC(F)C1. The molecule has 0 aromatic carbocycles. The molecule has 4 atom stereocenters. The van der Waals surface area contributed by atoms with Crippen LogP contribution in [-0.2, 0) is 42.9 Å². The maximum absolute atomic E-state index is 12.6. The Hall–Kier alpha value is -2.59. The van der Waals surface area contributed by atoms with Crippen molar-refractivity contribution in [2.24, 2.45) is 0 Å². The lowest BCUT2D eigenvalue weighted by Crippen LogP contribution is -2.39. The van der Waals surface area contributed by atoms with Crippen molar-refractivity contribution in [3.8, 4) is 0 Å². The zero-order valence-electron chi connectivity index (χ0n) is 41.6. The topological polar surface area (TPSA) is 134 Å². The van der Waals surface area contributed by atoms with E-state index in [0.29, 0.717) is 51.6 Å². The lowest BCUT2D eigenvalue weighted by molar-refractivity contribution is -0.165. The molecule has 6 fully saturated rings. The van der Waals surface area contributed by atoms with Gasteiger partial charge in [0.2, 0.25) is 5.92 Å². The zero-order valence-corrected chi connectivity index (χ0v) is 41.6. The van der Waals surface area contributed by atoms with Gasteiger partial charge in [-0.15, -0.1) is 0 Å². The minimum absolute atomic E-state index is 0.0312. The normalized spacial score (nSPS) is 27.4. The van der Waals surface area contributed by atoms with Crippen LogP contribution in [0.3, 0.4) is 0 Å². The van der Waals surface area contributed by atoms with Gasteiger partial charge in [-0.2, -0.15) is 0 Å². The molecule has 0 aliphatic carbocycles. The van der Waals surface area contributed by atoms with E-state index >= 15 is 0 Å². The van der Waals surface area contributed by atoms with Crippen LogP contribution < -0.4 is 0 Å². The fourth-order valence-electron chi connectivity index (χ4n) is 7.67. The van der Waals surface area contributed by atoms with Crippen LogP contribution in [0.4, 0.5) is 22.0 Å². The smallest absolute Gasteiger partial charge is 0.303 e. The van der Waals surface area contributed by atoms with Crippen LogP contribution in [0.15, 0.2) is 0 Å². The van der Waals surface area contributed by atoms with Crippen LogP contribution >= 0.6 is 0 Å². The van der Waals surface area contributed by atoms with Gasteiger partial charge in [0.25, 0.3) is 5.92 Å². The Kier molecular flexibility index (Phi) is 31.5. The maximum Gasteiger partial charge on any atom is 0.303 e. The molecule has 0 N–H and O–H groups in total. The fraction of sp³-hybridized carbons (Fsp3) is 0.913. The van der Waals surface area contributed by atoms with Gasteiger partial charge in [0.1, 0.15) is 30.8 Å². The highest BCUT2D eigenvalue weighted by Crippen LogP contribution is 2.27. The molecule has 6 aliphatic heterocycles. The number of rotatable bonds is 3. The van der Waals surface area contributed by atoms with E-state index in [1.165, 1.54) is 20.8 Å². The van der Waals surface area contributed by atoms with E-state index in [1.54, 1.807) is 11.9 Å². The highest BCUT2D eigenvalue weighted by atomic mass is 19.3. The molecule has 388 valence electrons. The first kappa shape index (κ1) is 61.4. The number of likely N-dealkylation sites (N-methyl/N-ethyl adjacent to an activating group) is 3. The summed E-state index contributed by atoms with van der Waals surface area (Å²) in [4.78, 5) is 55.5. The standard InChI is InChI=1S/C11H19NO4.C9H17NO2.C7H13F2N.C7H13NO.C6H11F2NO.C6H12FNO/c1-8(13)15-10-5-4-6-12(3)7-11(10)16-9(2)14;1-8(11)12-9-4-3-6-10(2)7-5-9;1-10-5-2-3-7(8,9)4-6-10;1-8-5-2-3-7(9)4-6-8;1-9-2-3-10-5-6(7,8)4-9;1-8-2-3-9-5-6(7)4-8/h10-11H,4-7H2,1-3H3;9H,3-7H2,1-2H3;2-6H2,1H3;2-6H2,1H3;2-5H2,1H3;6H,2-5H2,1H3. The van der Waals surface area contributed by atoms with Gasteiger partial charge in [-0.1, -0.05) is 0 Å². The van der Waals surface area contributed by atoms with Gasteiger partial charge >= 0.3 is 17.9 Å². The van der Waals surface area contributed by atoms with Crippen LogP contribution in [0, 0.1) is 0 Å². The van der Waals surface area contributed by atoms with E-state index in [0.717, 1.165) is 97.2 Å². The monoisotopic (exact) mass is 961 g/mol. The third-order valence-corrected chi connectivity index (χ3v) is 11.4. The second-order valence-electron chi connectivity index (χ2n) is 18.5. The van der Waals surface area contributed by atoms with Crippen molar-refractivity contribution in [2.45, 2.75) is 128 Å². The molecule has 0 aromatic heterocycles. The third kappa shape index (κ3) is 33.0. The Morgan fingerprint density at radius 3 is 1.77 bits per heavy atom. The molecule has 6 saturated heterocycles. The van der Waals surface area contributed by atoms with Crippen LogP contribution in [0.2, 0.25) is 0 Å². The molecule has 20 heteroatoms. The molecule has 4 unspecified atom stereocenters. The first-order valence-corrected chi connectivity index (χ1v) is 23.6. The van der Waals surface area contributed by atoms with E-state index in [4.69, 9.17) is 18.9 Å². The number of hydrogen-bond donors (Lipinski definition) is 0. The van der Waals surface area contributed by atoms with Gasteiger partial charge in [0.15, 0.2) is 6.10 Å². The summed E-state index contributed by atoms with van der Waals surface area (Å²) in [6.07, 6.45) is 6.84. The summed E-state index contributed by atoms with van der Waals surface area (Å²) in [5.41, 5.74) is 0. The second kappa shape index (κ2) is 33.8. The number of carbonyl (C=O) groups is 4. The summed E-state index contributed by atoms with van der Waals surface area (Å²) in [6.45, 7) is 14.0. The molecule has 6 aliphatic rings. The van der Waals surface area contributed by atoms with E-state index < -0.39 is 24.6 Å². The largest absolute Gasteiger partial charge is 0.463 e. The highest BCUT2D eigenvalue weighted by Gasteiger charge is 2.33. The van der Waals surface area contributed by atoms with Crippen molar-refractivity contribution in [1.82, 2.24) is 29.4 Å². The molecular weight excluding hydrogens is 876 g/mol. The van der Waals surface area contributed by atoms with Crippen LogP contribution in [0.25, 0.3) is 0 Å². The van der Waals surface area contributed by atoms with Crippen molar-refractivity contribution >= 4 is 23.7 Å². The fourth-order valence-corrected chi connectivity index (χ4v) is 7.67. The summed E-state index contributed by atoms with van der Waals surface area (Å²) in [5.74, 6) is -5.44. The van der Waals surface area contributed by atoms with Gasteiger partial charge in [0, 0.05) is 92.3 Å². The Bertz CT molecular complexity index is 1350. The molecule has 15 nitrogen and oxygen atoms in total. The van der Waals surface area contributed by atoms with Crippen molar-refractivity contribution in [3.05, 3.63) is 0 Å². The Morgan fingerprint density at radius 2 is 1.09 bits per heavy atom. The number of Topliss-reactive ketones (excluding diaryl/α,β-unsaturated/α-hetero) is 1. The Balaban J connectivity index is 0.000000401. The first-order valence-electron chi connectivity index (χ1n) is 23.6. The summed E-state index contributed by atoms with van der Waals surface area (Å²) >= 11 is 0. The third-order valence-electron chi connectivity index (χ3n) is 11.4. The first-order chi connectivity index (χ1) is 30.9. The van der Waals surface area contributed by atoms with E-state index in [-0.39, 0.29) is 62.2 Å².